The third kappa shape index (κ3) is 4.29. The van der Waals surface area contributed by atoms with E-state index in [4.69, 9.17) is 16.7 Å². The van der Waals surface area contributed by atoms with Gasteiger partial charge in [-0.05, 0) is 17.7 Å². The van der Waals surface area contributed by atoms with Crippen molar-refractivity contribution in [3.05, 3.63) is 45.0 Å². The predicted octanol–water partition coefficient (Wildman–Crippen LogP) is 1.36. The summed E-state index contributed by atoms with van der Waals surface area (Å²) in [6, 6.07) is 7.69. The number of nitrogens with one attached hydrogen (secondary N) is 1. The molecular formula is C10H12BrN3O2S. The van der Waals surface area contributed by atoms with Gasteiger partial charge in [0.15, 0.2) is 0 Å². The summed E-state index contributed by atoms with van der Waals surface area (Å²) in [5.74, 6) is 4.61. The molecule has 0 radical (unpaired) electrons. The predicted molar refractivity (Wildman–Crippen MR) is 71.6 cm³/mol. The van der Waals surface area contributed by atoms with E-state index in [0.717, 1.165) is 10.0 Å². The van der Waals surface area contributed by atoms with Gasteiger partial charge < -0.3 is 16.3 Å². The molecule has 92 valence electrons. The van der Waals surface area contributed by atoms with Crippen LogP contribution >= 0.6 is 27.7 Å². The van der Waals surface area contributed by atoms with E-state index in [1.807, 2.05) is 24.3 Å². The number of carbonyl (C=O) groups is 1. The van der Waals surface area contributed by atoms with Crippen molar-refractivity contribution in [2.24, 2.45) is 11.6 Å². The molecule has 0 amide bonds. The highest BCUT2D eigenvalue weighted by molar-refractivity contribution is 9.10. The fraction of sp³-hybridized carbons (Fsp3) is 0.100. The van der Waals surface area contributed by atoms with Crippen LogP contribution in [0.1, 0.15) is 5.56 Å². The first-order chi connectivity index (χ1) is 8.04. The molecular weight excluding hydrogens is 306 g/mol. The molecule has 0 spiro atoms. The molecule has 0 bridgehead atoms. The molecule has 0 aliphatic rings. The van der Waals surface area contributed by atoms with Gasteiger partial charge in [0.1, 0.15) is 10.7 Å². The highest BCUT2D eigenvalue weighted by Gasteiger charge is 2.10. The van der Waals surface area contributed by atoms with Crippen molar-refractivity contribution in [3.63, 3.8) is 0 Å². The molecule has 1 aromatic rings. The summed E-state index contributed by atoms with van der Waals surface area (Å²) in [5, 5.41) is 8.97. The third-order valence-corrected chi connectivity index (χ3v) is 3.54. The number of carboxylic acid groups (broad SMARTS) is 1. The summed E-state index contributed by atoms with van der Waals surface area (Å²) in [6.07, 6.45) is 0. The summed E-state index contributed by atoms with van der Waals surface area (Å²) in [6.45, 7) is 0. The van der Waals surface area contributed by atoms with Crippen LogP contribution in [0.5, 0.6) is 0 Å². The molecule has 1 aromatic carbocycles. The Labute approximate surface area is 111 Å². The number of hydrazine groups is 1. The summed E-state index contributed by atoms with van der Waals surface area (Å²) in [7, 11) is 0. The largest absolute Gasteiger partial charge is 0.477 e. The number of hydrogen-bond acceptors (Lipinski definition) is 5. The van der Waals surface area contributed by atoms with Crippen molar-refractivity contribution in [2.75, 3.05) is 0 Å². The highest BCUT2D eigenvalue weighted by atomic mass is 79.9. The van der Waals surface area contributed by atoms with Gasteiger partial charge in [-0.1, -0.05) is 28.1 Å². The van der Waals surface area contributed by atoms with E-state index in [-0.39, 0.29) is 10.7 Å². The Balaban J connectivity index is 2.69. The number of carboxylic acids is 1. The molecule has 0 fully saturated rings. The van der Waals surface area contributed by atoms with Gasteiger partial charge in [-0.25, -0.2) is 10.6 Å². The lowest BCUT2D eigenvalue weighted by Gasteiger charge is -2.08. The zero-order valence-corrected chi connectivity index (χ0v) is 11.2. The lowest BCUT2D eigenvalue weighted by Crippen LogP contribution is -2.26. The van der Waals surface area contributed by atoms with Crippen LogP contribution in [0.15, 0.2) is 39.5 Å². The lowest BCUT2D eigenvalue weighted by atomic mass is 10.2. The second-order valence-corrected chi connectivity index (χ2v) is 5.01. The average molecular weight is 318 g/mol. The molecule has 17 heavy (non-hydrogen) atoms. The van der Waals surface area contributed by atoms with Crippen LogP contribution in [0.2, 0.25) is 0 Å². The summed E-state index contributed by atoms with van der Waals surface area (Å²) in [4.78, 5) is 10.7. The van der Waals surface area contributed by atoms with Crippen LogP contribution in [0.25, 0.3) is 0 Å². The van der Waals surface area contributed by atoms with Gasteiger partial charge in [0.25, 0.3) is 0 Å². The number of nitrogens with two attached hydrogens (primary N) is 2. The topological polar surface area (TPSA) is 101 Å². The zero-order valence-electron chi connectivity index (χ0n) is 8.81. The molecule has 0 saturated carbocycles. The smallest absolute Gasteiger partial charge is 0.354 e. The van der Waals surface area contributed by atoms with Gasteiger partial charge in [0, 0.05) is 10.2 Å². The fourth-order valence-electron chi connectivity index (χ4n) is 1.03. The van der Waals surface area contributed by atoms with Gasteiger partial charge in [0.2, 0.25) is 0 Å². The van der Waals surface area contributed by atoms with E-state index in [1.165, 1.54) is 11.8 Å². The molecule has 1 rings (SSSR count). The SMILES string of the molecule is NN/C(SCc1ccc(Br)cc1)=C(\N)C(=O)O. The van der Waals surface area contributed by atoms with E-state index < -0.39 is 5.97 Å². The van der Waals surface area contributed by atoms with Crippen molar-refractivity contribution < 1.29 is 9.90 Å². The third-order valence-electron chi connectivity index (χ3n) is 1.90. The van der Waals surface area contributed by atoms with Gasteiger partial charge in [-0.3, -0.25) is 0 Å². The van der Waals surface area contributed by atoms with E-state index >= 15 is 0 Å². The summed E-state index contributed by atoms with van der Waals surface area (Å²) < 4.78 is 0.990. The maximum Gasteiger partial charge on any atom is 0.354 e. The lowest BCUT2D eigenvalue weighted by molar-refractivity contribution is -0.132. The minimum Gasteiger partial charge on any atom is -0.477 e. The Morgan fingerprint density at radius 2 is 2.00 bits per heavy atom. The van der Waals surface area contributed by atoms with Crippen molar-refractivity contribution in [1.29, 1.82) is 0 Å². The van der Waals surface area contributed by atoms with E-state index in [2.05, 4.69) is 21.4 Å². The second-order valence-electron chi connectivity index (χ2n) is 3.11. The van der Waals surface area contributed by atoms with E-state index in [1.54, 1.807) is 0 Å². The van der Waals surface area contributed by atoms with Gasteiger partial charge in [-0.15, -0.1) is 11.8 Å². The number of hydrogen-bond donors (Lipinski definition) is 4. The Morgan fingerprint density at radius 3 is 2.47 bits per heavy atom. The minimum absolute atomic E-state index is 0.250. The first kappa shape index (κ1) is 13.9. The standard InChI is InChI=1S/C10H12BrN3O2S/c11-7-3-1-6(2-4-7)5-17-9(14-13)8(12)10(15)16/h1-4,14H,5,12-13H2,(H,15,16)/b9-8+. The molecule has 5 nitrogen and oxygen atoms in total. The first-order valence-electron chi connectivity index (χ1n) is 4.61. The van der Waals surface area contributed by atoms with Crippen molar-refractivity contribution >= 4 is 33.7 Å². The Morgan fingerprint density at radius 1 is 1.41 bits per heavy atom. The van der Waals surface area contributed by atoms with Crippen LogP contribution in [-0.4, -0.2) is 11.1 Å². The second kappa shape index (κ2) is 6.53. The van der Waals surface area contributed by atoms with Crippen molar-refractivity contribution in [3.8, 4) is 0 Å². The minimum atomic E-state index is -1.19. The quantitative estimate of drug-likeness (QED) is 0.371. The van der Waals surface area contributed by atoms with Crippen molar-refractivity contribution in [2.45, 2.75) is 5.75 Å². The zero-order chi connectivity index (χ0) is 12.8. The van der Waals surface area contributed by atoms with Gasteiger partial charge in [0.05, 0.1) is 0 Å². The molecule has 0 atom stereocenters. The molecule has 7 heteroatoms. The monoisotopic (exact) mass is 317 g/mol. The Kier molecular flexibility index (Phi) is 5.33. The highest BCUT2D eigenvalue weighted by Crippen LogP contribution is 2.21. The molecule has 0 unspecified atom stereocenters. The van der Waals surface area contributed by atoms with Crippen LogP contribution in [0.3, 0.4) is 0 Å². The number of rotatable bonds is 5. The summed E-state index contributed by atoms with van der Waals surface area (Å²) in [5.41, 5.74) is 8.42. The van der Waals surface area contributed by atoms with Crippen LogP contribution < -0.4 is 17.0 Å². The van der Waals surface area contributed by atoms with E-state index in [9.17, 15) is 4.79 Å². The van der Waals surface area contributed by atoms with Gasteiger partial charge in [-0.2, -0.15) is 0 Å². The maximum absolute atomic E-state index is 10.7. The van der Waals surface area contributed by atoms with Crippen LogP contribution in [0.4, 0.5) is 0 Å². The van der Waals surface area contributed by atoms with Crippen LogP contribution in [0, 0.1) is 0 Å². The number of thioether (sulfide) groups is 1. The molecule has 0 aliphatic carbocycles. The average Bonchev–Trinajstić information content (AvgIpc) is 2.31. The van der Waals surface area contributed by atoms with Crippen LogP contribution in [-0.2, 0) is 10.5 Å². The molecule has 0 heterocycles. The molecule has 0 aliphatic heterocycles. The molecule has 0 saturated heterocycles. The number of aliphatic carboxylic acids is 1. The Bertz CT molecular complexity index is 434. The number of benzene rings is 1. The molecule has 0 aromatic heterocycles. The van der Waals surface area contributed by atoms with Gasteiger partial charge >= 0.3 is 5.97 Å². The fourth-order valence-corrected chi connectivity index (χ4v) is 2.12. The normalized spacial score (nSPS) is 11.9. The first-order valence-corrected chi connectivity index (χ1v) is 6.39. The molecule has 6 N–H and O–H groups in total. The van der Waals surface area contributed by atoms with E-state index in [0.29, 0.717) is 5.75 Å². The number of halogens is 1. The summed E-state index contributed by atoms with van der Waals surface area (Å²) >= 11 is 4.57. The Hall–Kier alpha value is -1.18. The maximum atomic E-state index is 10.7. The van der Waals surface area contributed by atoms with Crippen molar-refractivity contribution in [1.82, 2.24) is 5.43 Å².